The summed E-state index contributed by atoms with van der Waals surface area (Å²) in [6, 6.07) is 20.6. The number of hydrogen-bond donors (Lipinski definition) is 2. The monoisotopic (exact) mass is 481 g/mol. The van der Waals surface area contributed by atoms with E-state index in [1.54, 1.807) is 30.3 Å². The summed E-state index contributed by atoms with van der Waals surface area (Å²) in [5.41, 5.74) is 1.73. The van der Waals surface area contributed by atoms with Crippen molar-refractivity contribution in [3.05, 3.63) is 83.9 Å². The topological polar surface area (TPSA) is 114 Å². The fourth-order valence-corrected chi connectivity index (χ4v) is 4.27. The molecule has 2 amide bonds. The van der Waals surface area contributed by atoms with Gasteiger partial charge < -0.3 is 20.1 Å². The number of para-hydroxylation sites is 1. The fourth-order valence-electron chi connectivity index (χ4n) is 3.42. The second-order valence-electron chi connectivity index (χ2n) is 7.57. The second kappa shape index (κ2) is 9.84. The molecule has 10 heteroatoms. The average molecular weight is 482 g/mol. The van der Waals surface area contributed by atoms with E-state index >= 15 is 0 Å². The van der Waals surface area contributed by atoms with Crippen LogP contribution in [-0.2, 0) is 21.4 Å². The molecule has 0 saturated heterocycles. The van der Waals surface area contributed by atoms with Crippen molar-refractivity contribution in [2.75, 3.05) is 29.2 Å². The first-order valence-corrected chi connectivity index (χ1v) is 12.2. The Labute approximate surface area is 197 Å². The molecular weight excluding hydrogens is 458 g/mol. The Morgan fingerprint density at radius 1 is 0.941 bits per heavy atom. The highest BCUT2D eigenvalue weighted by Crippen LogP contribution is 2.36. The van der Waals surface area contributed by atoms with E-state index in [0.29, 0.717) is 18.0 Å². The molecule has 0 bridgehead atoms. The predicted molar refractivity (Wildman–Crippen MR) is 127 cm³/mol. The Balaban J connectivity index is 1.48. The van der Waals surface area contributed by atoms with Gasteiger partial charge in [0.2, 0.25) is 22.7 Å². The van der Waals surface area contributed by atoms with Crippen LogP contribution < -0.4 is 24.4 Å². The van der Waals surface area contributed by atoms with Crippen LogP contribution in [0.3, 0.4) is 0 Å². The summed E-state index contributed by atoms with van der Waals surface area (Å²) in [6.07, 6.45) is 1.01. The maximum Gasteiger partial charge on any atom is 0.253 e. The zero-order valence-corrected chi connectivity index (χ0v) is 19.2. The van der Waals surface area contributed by atoms with Crippen LogP contribution in [0.4, 0.5) is 11.4 Å². The van der Waals surface area contributed by atoms with E-state index in [0.717, 1.165) is 16.1 Å². The van der Waals surface area contributed by atoms with Gasteiger partial charge in [0.05, 0.1) is 23.2 Å². The second-order valence-corrected chi connectivity index (χ2v) is 9.48. The SMILES string of the molecule is CS(=O)(=O)N(CC(=O)Nc1ccccc1C(=O)NCc1ccccc1)c1ccc2c(c1)OCO2. The van der Waals surface area contributed by atoms with Gasteiger partial charge in [-0.05, 0) is 29.8 Å². The van der Waals surface area contributed by atoms with Gasteiger partial charge in [0.15, 0.2) is 11.5 Å². The molecule has 0 aromatic heterocycles. The number of benzene rings is 3. The number of rotatable bonds is 8. The lowest BCUT2D eigenvalue weighted by Gasteiger charge is -2.22. The minimum Gasteiger partial charge on any atom is -0.454 e. The summed E-state index contributed by atoms with van der Waals surface area (Å²) in [6.45, 7) is -0.117. The molecule has 3 aromatic rings. The number of carbonyl (C=O) groups is 2. The molecule has 9 nitrogen and oxygen atoms in total. The molecule has 2 N–H and O–H groups in total. The first kappa shape index (κ1) is 23.1. The standard InChI is InChI=1S/C24H23N3O6S/c1-34(30,31)27(18-11-12-21-22(13-18)33-16-32-21)15-23(28)26-20-10-6-5-9-19(20)24(29)25-14-17-7-3-2-4-8-17/h2-13H,14-16H2,1H3,(H,25,29)(H,26,28). The van der Waals surface area contributed by atoms with Crippen LogP contribution in [0.1, 0.15) is 15.9 Å². The summed E-state index contributed by atoms with van der Waals surface area (Å²) in [5.74, 6) is -0.0778. The van der Waals surface area contributed by atoms with E-state index in [4.69, 9.17) is 9.47 Å². The van der Waals surface area contributed by atoms with Gasteiger partial charge in [-0.15, -0.1) is 0 Å². The fraction of sp³-hybridized carbons (Fsp3) is 0.167. The number of hydrogen-bond acceptors (Lipinski definition) is 6. The third-order valence-corrected chi connectivity index (χ3v) is 6.21. The molecule has 0 radical (unpaired) electrons. The number of ether oxygens (including phenoxy) is 2. The number of fused-ring (bicyclic) bond motifs is 1. The molecule has 0 fully saturated rings. The van der Waals surface area contributed by atoms with E-state index in [1.165, 1.54) is 12.1 Å². The third-order valence-electron chi connectivity index (χ3n) is 5.07. The highest BCUT2D eigenvalue weighted by atomic mass is 32.2. The summed E-state index contributed by atoms with van der Waals surface area (Å²) in [5, 5.41) is 5.47. The normalized spacial score (nSPS) is 12.1. The average Bonchev–Trinajstić information content (AvgIpc) is 3.29. The van der Waals surface area contributed by atoms with E-state index in [2.05, 4.69) is 10.6 Å². The Morgan fingerprint density at radius 3 is 2.41 bits per heavy atom. The van der Waals surface area contributed by atoms with Crippen molar-refractivity contribution >= 4 is 33.2 Å². The van der Waals surface area contributed by atoms with Crippen LogP contribution in [-0.4, -0.2) is 39.8 Å². The van der Waals surface area contributed by atoms with E-state index in [1.807, 2.05) is 30.3 Å². The van der Waals surface area contributed by atoms with Crippen molar-refractivity contribution in [2.24, 2.45) is 0 Å². The van der Waals surface area contributed by atoms with Crippen molar-refractivity contribution in [3.63, 3.8) is 0 Å². The number of amides is 2. The maximum atomic E-state index is 12.8. The lowest BCUT2D eigenvalue weighted by atomic mass is 10.1. The van der Waals surface area contributed by atoms with E-state index in [9.17, 15) is 18.0 Å². The predicted octanol–water partition coefficient (Wildman–Crippen LogP) is 2.75. The first-order valence-electron chi connectivity index (χ1n) is 10.4. The molecule has 1 heterocycles. The van der Waals surface area contributed by atoms with Crippen LogP contribution in [0.25, 0.3) is 0 Å². The van der Waals surface area contributed by atoms with Gasteiger partial charge in [-0.1, -0.05) is 42.5 Å². The Morgan fingerprint density at radius 2 is 1.65 bits per heavy atom. The summed E-state index contributed by atoms with van der Waals surface area (Å²) < 4.78 is 36.4. The highest BCUT2D eigenvalue weighted by molar-refractivity contribution is 7.92. The highest BCUT2D eigenvalue weighted by Gasteiger charge is 2.24. The molecular formula is C24H23N3O6S. The van der Waals surface area contributed by atoms with Gasteiger partial charge in [0.1, 0.15) is 6.54 Å². The van der Waals surface area contributed by atoms with Crippen LogP contribution in [0.15, 0.2) is 72.8 Å². The first-order chi connectivity index (χ1) is 16.3. The van der Waals surface area contributed by atoms with Crippen molar-refractivity contribution in [2.45, 2.75) is 6.54 Å². The molecule has 1 aliphatic heterocycles. The van der Waals surface area contributed by atoms with Crippen molar-refractivity contribution < 1.29 is 27.5 Å². The molecule has 176 valence electrons. The minimum absolute atomic E-state index is 0.0429. The van der Waals surface area contributed by atoms with Gasteiger partial charge in [0.25, 0.3) is 5.91 Å². The number of nitrogens with one attached hydrogen (secondary N) is 2. The van der Waals surface area contributed by atoms with Crippen LogP contribution in [0.2, 0.25) is 0 Å². The number of sulfonamides is 1. The van der Waals surface area contributed by atoms with Crippen molar-refractivity contribution in [1.82, 2.24) is 5.32 Å². The molecule has 0 saturated carbocycles. The summed E-state index contributed by atoms with van der Waals surface area (Å²) in [4.78, 5) is 25.6. The molecule has 3 aromatic carbocycles. The zero-order valence-electron chi connectivity index (χ0n) is 18.4. The Bertz CT molecular complexity index is 1310. The molecule has 34 heavy (non-hydrogen) atoms. The number of anilines is 2. The molecule has 0 atom stereocenters. The van der Waals surface area contributed by atoms with Gasteiger partial charge >= 0.3 is 0 Å². The van der Waals surface area contributed by atoms with E-state index in [-0.39, 0.29) is 29.6 Å². The third kappa shape index (κ3) is 5.46. The van der Waals surface area contributed by atoms with Crippen molar-refractivity contribution in [1.29, 1.82) is 0 Å². The van der Waals surface area contributed by atoms with Gasteiger partial charge in [0, 0.05) is 12.6 Å². The molecule has 1 aliphatic rings. The number of carbonyl (C=O) groups excluding carboxylic acids is 2. The maximum absolute atomic E-state index is 12.8. The Kier molecular flexibility index (Phi) is 6.69. The van der Waals surface area contributed by atoms with E-state index < -0.39 is 22.5 Å². The van der Waals surface area contributed by atoms with Gasteiger partial charge in [-0.25, -0.2) is 8.42 Å². The molecule has 0 aliphatic carbocycles. The van der Waals surface area contributed by atoms with Crippen molar-refractivity contribution in [3.8, 4) is 11.5 Å². The molecule has 4 rings (SSSR count). The quantitative estimate of drug-likeness (QED) is 0.511. The molecule has 0 unspecified atom stereocenters. The Hall–Kier alpha value is -4.05. The van der Waals surface area contributed by atoms with Gasteiger partial charge in [-0.3, -0.25) is 13.9 Å². The largest absolute Gasteiger partial charge is 0.454 e. The number of nitrogens with zero attached hydrogens (tertiary/aromatic N) is 1. The van der Waals surface area contributed by atoms with Crippen LogP contribution in [0, 0.1) is 0 Å². The zero-order chi connectivity index (χ0) is 24.1. The lowest BCUT2D eigenvalue weighted by molar-refractivity contribution is -0.114. The molecule has 0 spiro atoms. The van der Waals surface area contributed by atoms with Crippen LogP contribution in [0.5, 0.6) is 11.5 Å². The summed E-state index contributed by atoms with van der Waals surface area (Å²) >= 11 is 0. The van der Waals surface area contributed by atoms with Crippen LogP contribution >= 0.6 is 0 Å². The minimum atomic E-state index is -3.79. The smallest absolute Gasteiger partial charge is 0.253 e. The lowest BCUT2D eigenvalue weighted by Crippen LogP contribution is -2.37. The van der Waals surface area contributed by atoms with Gasteiger partial charge in [-0.2, -0.15) is 0 Å². The summed E-state index contributed by atoms with van der Waals surface area (Å²) in [7, 11) is -3.79.